The summed E-state index contributed by atoms with van der Waals surface area (Å²) >= 11 is 0. The third-order valence-corrected chi connectivity index (χ3v) is 3.51. The van der Waals surface area contributed by atoms with Crippen molar-refractivity contribution in [2.24, 2.45) is 0 Å². The van der Waals surface area contributed by atoms with Crippen LogP contribution >= 0.6 is 0 Å². The minimum atomic E-state index is -1.08. The van der Waals surface area contributed by atoms with Crippen molar-refractivity contribution < 1.29 is 9.90 Å². The van der Waals surface area contributed by atoms with E-state index < -0.39 is 18.1 Å². The highest BCUT2D eigenvalue weighted by molar-refractivity contribution is 5.80. The minimum Gasteiger partial charge on any atom is -0.480 e. The Morgan fingerprint density at radius 1 is 1.45 bits per heavy atom. The first-order chi connectivity index (χ1) is 9.60. The molecule has 0 unspecified atom stereocenters. The van der Waals surface area contributed by atoms with E-state index in [1.54, 1.807) is 6.07 Å². The Hall–Kier alpha value is -2.24. The lowest BCUT2D eigenvalue weighted by Crippen LogP contribution is -2.28. The summed E-state index contributed by atoms with van der Waals surface area (Å²) in [5.41, 5.74) is 1.89. The van der Waals surface area contributed by atoms with Gasteiger partial charge in [-0.1, -0.05) is 6.92 Å². The molecular weight excluding hydrogens is 258 g/mol. The Bertz CT molecular complexity index is 747. The zero-order valence-electron chi connectivity index (χ0n) is 11.2. The molecule has 0 radical (unpaired) electrons. The summed E-state index contributed by atoms with van der Waals surface area (Å²) in [7, 11) is 0. The lowest BCUT2D eigenvalue weighted by atomic mass is 10.1. The summed E-state index contributed by atoms with van der Waals surface area (Å²) in [5.74, 6) is -0.575. The van der Waals surface area contributed by atoms with Crippen LogP contribution in [0.25, 0.3) is 10.9 Å². The first-order valence-corrected chi connectivity index (χ1v) is 6.72. The number of carbonyl (C=O) groups is 1. The Kier molecular flexibility index (Phi) is 3.00. The SMILES string of the molecule is CCc1nn(CC(=O)O)c(=O)c2ccc(C3CC3)nc12. The van der Waals surface area contributed by atoms with Crippen LogP contribution in [-0.4, -0.2) is 25.8 Å². The van der Waals surface area contributed by atoms with Gasteiger partial charge in [-0.05, 0) is 31.4 Å². The van der Waals surface area contributed by atoms with Crippen molar-refractivity contribution in [3.63, 3.8) is 0 Å². The summed E-state index contributed by atoms with van der Waals surface area (Å²) in [6.07, 6.45) is 2.89. The van der Waals surface area contributed by atoms with Gasteiger partial charge >= 0.3 is 5.97 Å². The fourth-order valence-electron chi connectivity index (χ4n) is 2.32. The van der Waals surface area contributed by atoms with E-state index in [2.05, 4.69) is 10.1 Å². The maximum absolute atomic E-state index is 12.2. The van der Waals surface area contributed by atoms with E-state index in [-0.39, 0.29) is 0 Å². The molecule has 1 saturated carbocycles. The number of aromatic nitrogens is 3. The fourth-order valence-corrected chi connectivity index (χ4v) is 2.32. The molecule has 0 atom stereocenters. The largest absolute Gasteiger partial charge is 0.480 e. The standard InChI is InChI=1S/C14H15N3O3/c1-2-10-13-9(5-6-11(15-13)8-3-4-8)14(20)17(16-10)7-12(18)19/h5-6,8H,2-4,7H2,1H3,(H,18,19). The molecule has 0 aromatic carbocycles. The first kappa shape index (κ1) is 12.8. The zero-order chi connectivity index (χ0) is 14.3. The van der Waals surface area contributed by atoms with Crippen LogP contribution < -0.4 is 5.56 Å². The summed E-state index contributed by atoms with van der Waals surface area (Å²) < 4.78 is 1.00. The summed E-state index contributed by atoms with van der Waals surface area (Å²) in [4.78, 5) is 27.6. The number of carboxylic acids is 1. The van der Waals surface area contributed by atoms with Gasteiger partial charge in [0.05, 0.1) is 16.6 Å². The van der Waals surface area contributed by atoms with Gasteiger partial charge < -0.3 is 5.11 Å². The summed E-state index contributed by atoms with van der Waals surface area (Å²) in [5, 5.41) is 13.4. The zero-order valence-corrected chi connectivity index (χ0v) is 11.2. The fraction of sp³-hybridized carbons (Fsp3) is 0.429. The molecule has 0 saturated heterocycles. The molecule has 2 aromatic rings. The van der Waals surface area contributed by atoms with Crippen molar-refractivity contribution in [1.82, 2.24) is 14.8 Å². The smallest absolute Gasteiger partial charge is 0.325 e. The van der Waals surface area contributed by atoms with E-state index in [1.807, 2.05) is 13.0 Å². The average molecular weight is 273 g/mol. The minimum absolute atomic E-state index is 0.394. The first-order valence-electron chi connectivity index (χ1n) is 6.72. The molecule has 2 heterocycles. The van der Waals surface area contributed by atoms with Gasteiger partial charge in [-0.2, -0.15) is 5.10 Å². The van der Waals surface area contributed by atoms with Crippen LogP contribution in [0, 0.1) is 0 Å². The van der Waals surface area contributed by atoms with Crippen LogP contribution in [0.2, 0.25) is 0 Å². The number of aliphatic carboxylic acids is 1. The van der Waals surface area contributed by atoms with Crippen molar-refractivity contribution in [2.45, 2.75) is 38.6 Å². The molecule has 1 aliphatic carbocycles. The quantitative estimate of drug-likeness (QED) is 0.908. The third kappa shape index (κ3) is 2.17. The van der Waals surface area contributed by atoms with Crippen LogP contribution in [0.5, 0.6) is 0 Å². The normalized spacial score (nSPS) is 14.7. The molecule has 0 bridgehead atoms. The molecule has 0 aliphatic heterocycles. The maximum atomic E-state index is 12.2. The van der Waals surface area contributed by atoms with Crippen LogP contribution in [0.4, 0.5) is 0 Å². The van der Waals surface area contributed by atoms with Gasteiger partial charge in [-0.15, -0.1) is 0 Å². The molecule has 2 aromatic heterocycles. The Morgan fingerprint density at radius 3 is 2.80 bits per heavy atom. The number of hydrogen-bond donors (Lipinski definition) is 1. The highest BCUT2D eigenvalue weighted by Crippen LogP contribution is 2.39. The molecule has 6 nitrogen and oxygen atoms in total. The molecule has 0 spiro atoms. The van der Waals surface area contributed by atoms with Gasteiger partial charge in [-0.3, -0.25) is 14.6 Å². The van der Waals surface area contributed by atoms with Crippen molar-refractivity contribution in [1.29, 1.82) is 0 Å². The van der Waals surface area contributed by atoms with Gasteiger partial charge in [0.15, 0.2) is 0 Å². The third-order valence-electron chi connectivity index (χ3n) is 3.51. The molecular formula is C14H15N3O3. The highest BCUT2D eigenvalue weighted by Gasteiger charge is 2.25. The topological polar surface area (TPSA) is 85.1 Å². The van der Waals surface area contributed by atoms with Gasteiger partial charge in [-0.25, -0.2) is 4.68 Å². The van der Waals surface area contributed by atoms with Crippen LogP contribution in [0.3, 0.4) is 0 Å². The lowest BCUT2D eigenvalue weighted by molar-refractivity contribution is -0.138. The molecule has 6 heteroatoms. The Labute approximate surface area is 115 Å². The molecule has 1 aliphatic rings. The second-order valence-electron chi connectivity index (χ2n) is 5.06. The molecule has 0 amide bonds. The van der Waals surface area contributed by atoms with Crippen molar-refractivity contribution >= 4 is 16.9 Å². The van der Waals surface area contributed by atoms with Crippen molar-refractivity contribution in [3.8, 4) is 0 Å². The Balaban J connectivity index is 2.22. The van der Waals surface area contributed by atoms with Gasteiger partial charge in [0, 0.05) is 11.6 Å². The van der Waals surface area contributed by atoms with E-state index in [0.29, 0.717) is 28.9 Å². The maximum Gasteiger partial charge on any atom is 0.325 e. The van der Waals surface area contributed by atoms with Crippen molar-refractivity contribution in [3.05, 3.63) is 33.9 Å². The van der Waals surface area contributed by atoms with E-state index >= 15 is 0 Å². The molecule has 104 valence electrons. The molecule has 1 N–H and O–H groups in total. The highest BCUT2D eigenvalue weighted by atomic mass is 16.4. The number of carboxylic acid groups (broad SMARTS) is 1. The monoisotopic (exact) mass is 273 g/mol. The lowest BCUT2D eigenvalue weighted by Gasteiger charge is -2.09. The number of pyridine rings is 1. The predicted molar refractivity (Wildman–Crippen MR) is 72.8 cm³/mol. The number of nitrogens with zero attached hydrogens (tertiary/aromatic N) is 3. The van der Waals surface area contributed by atoms with Crippen molar-refractivity contribution in [2.75, 3.05) is 0 Å². The van der Waals surface area contributed by atoms with E-state index in [4.69, 9.17) is 5.11 Å². The van der Waals surface area contributed by atoms with Crippen LogP contribution in [0.15, 0.2) is 16.9 Å². The summed E-state index contributed by atoms with van der Waals surface area (Å²) in [6, 6.07) is 3.61. The predicted octanol–water partition coefficient (Wildman–Crippen LogP) is 1.32. The average Bonchev–Trinajstić information content (AvgIpc) is 3.25. The second kappa shape index (κ2) is 4.70. The number of rotatable bonds is 4. The molecule has 1 fully saturated rings. The number of hydrogen-bond acceptors (Lipinski definition) is 4. The van der Waals surface area contributed by atoms with Crippen LogP contribution in [-0.2, 0) is 17.8 Å². The van der Waals surface area contributed by atoms with E-state index in [9.17, 15) is 9.59 Å². The van der Waals surface area contributed by atoms with Gasteiger partial charge in [0.2, 0.25) is 0 Å². The van der Waals surface area contributed by atoms with E-state index in [1.165, 1.54) is 0 Å². The van der Waals surface area contributed by atoms with Gasteiger partial charge in [0.1, 0.15) is 6.54 Å². The molecule has 3 rings (SSSR count). The van der Waals surface area contributed by atoms with E-state index in [0.717, 1.165) is 23.2 Å². The molecule has 20 heavy (non-hydrogen) atoms. The van der Waals surface area contributed by atoms with Crippen LogP contribution in [0.1, 0.15) is 37.1 Å². The van der Waals surface area contributed by atoms with Gasteiger partial charge in [0.25, 0.3) is 5.56 Å². The second-order valence-corrected chi connectivity index (χ2v) is 5.06. The Morgan fingerprint density at radius 2 is 2.20 bits per heavy atom. The summed E-state index contributed by atoms with van der Waals surface area (Å²) in [6.45, 7) is 1.50. The number of aryl methyl sites for hydroxylation is 1. The number of fused-ring (bicyclic) bond motifs is 1.